The first kappa shape index (κ1) is 14.7. The summed E-state index contributed by atoms with van der Waals surface area (Å²) in [5.41, 5.74) is 0. The molecule has 0 saturated heterocycles. The highest BCUT2D eigenvalue weighted by Crippen LogP contribution is 2.22. The summed E-state index contributed by atoms with van der Waals surface area (Å²) in [4.78, 5) is 1.44. The zero-order chi connectivity index (χ0) is 12.5. The van der Waals surface area contributed by atoms with Gasteiger partial charge in [-0.05, 0) is 23.8 Å². The lowest BCUT2D eigenvalue weighted by Gasteiger charge is -2.17. The second kappa shape index (κ2) is 8.67. The van der Waals surface area contributed by atoms with Crippen LogP contribution in [0.1, 0.15) is 44.5 Å². The number of rotatable bonds is 9. The third-order valence-corrected chi connectivity index (χ3v) is 3.54. The van der Waals surface area contributed by atoms with Gasteiger partial charge in [0.25, 0.3) is 0 Å². The van der Waals surface area contributed by atoms with Crippen molar-refractivity contribution in [3.05, 3.63) is 22.4 Å². The predicted molar refractivity (Wildman–Crippen MR) is 75.6 cm³/mol. The van der Waals surface area contributed by atoms with Gasteiger partial charge in [0.05, 0.1) is 6.61 Å². The van der Waals surface area contributed by atoms with Gasteiger partial charge in [0.15, 0.2) is 0 Å². The largest absolute Gasteiger partial charge is 0.380 e. The number of nitrogens with one attached hydrogen (secondary N) is 1. The van der Waals surface area contributed by atoms with E-state index in [9.17, 15) is 0 Å². The van der Waals surface area contributed by atoms with Crippen molar-refractivity contribution in [3.63, 3.8) is 0 Å². The van der Waals surface area contributed by atoms with Crippen LogP contribution in [0.4, 0.5) is 0 Å². The molecule has 17 heavy (non-hydrogen) atoms. The monoisotopic (exact) mass is 255 g/mol. The smallest absolute Gasteiger partial charge is 0.0591 e. The van der Waals surface area contributed by atoms with Gasteiger partial charge in [-0.1, -0.05) is 33.3 Å². The molecule has 0 spiro atoms. The quantitative estimate of drug-likeness (QED) is 0.677. The van der Waals surface area contributed by atoms with Crippen LogP contribution in [-0.2, 0) is 4.74 Å². The Bertz CT molecular complexity index is 272. The Morgan fingerprint density at radius 3 is 2.82 bits per heavy atom. The van der Waals surface area contributed by atoms with E-state index in [-0.39, 0.29) is 0 Å². The van der Waals surface area contributed by atoms with Crippen molar-refractivity contribution in [2.75, 3.05) is 19.8 Å². The molecule has 3 heteroatoms. The van der Waals surface area contributed by atoms with E-state index >= 15 is 0 Å². The van der Waals surface area contributed by atoms with Crippen molar-refractivity contribution < 1.29 is 4.74 Å². The first-order valence-electron chi connectivity index (χ1n) is 6.58. The van der Waals surface area contributed by atoms with Crippen LogP contribution < -0.4 is 5.32 Å². The van der Waals surface area contributed by atoms with Gasteiger partial charge in [0.1, 0.15) is 0 Å². The Balaban J connectivity index is 2.21. The van der Waals surface area contributed by atoms with Gasteiger partial charge in [-0.3, -0.25) is 0 Å². The molecule has 1 rings (SSSR count). The lowest BCUT2D eigenvalue weighted by atomic mass is 10.1. The SMILES string of the molecule is CCCC(NCCOCC(C)C)c1cccs1. The Morgan fingerprint density at radius 1 is 1.41 bits per heavy atom. The van der Waals surface area contributed by atoms with Crippen LogP contribution in [0.3, 0.4) is 0 Å². The molecule has 0 aliphatic carbocycles. The van der Waals surface area contributed by atoms with Crippen LogP contribution in [0.5, 0.6) is 0 Å². The molecule has 1 N–H and O–H groups in total. The summed E-state index contributed by atoms with van der Waals surface area (Å²) in [6.45, 7) is 9.20. The molecule has 0 saturated carbocycles. The molecule has 98 valence electrons. The van der Waals surface area contributed by atoms with E-state index in [2.05, 4.69) is 43.6 Å². The number of hydrogen-bond donors (Lipinski definition) is 1. The summed E-state index contributed by atoms with van der Waals surface area (Å²) in [7, 11) is 0. The minimum atomic E-state index is 0.502. The van der Waals surface area contributed by atoms with Crippen molar-refractivity contribution in [1.82, 2.24) is 5.32 Å². The molecule has 2 nitrogen and oxygen atoms in total. The first-order valence-corrected chi connectivity index (χ1v) is 7.46. The summed E-state index contributed by atoms with van der Waals surface area (Å²) < 4.78 is 5.58. The Kier molecular flexibility index (Phi) is 7.49. The molecular formula is C14H25NOS. The summed E-state index contributed by atoms with van der Waals surface area (Å²) in [6, 6.07) is 4.84. The van der Waals surface area contributed by atoms with Crippen LogP contribution in [0, 0.1) is 5.92 Å². The molecule has 1 heterocycles. The van der Waals surface area contributed by atoms with E-state index in [0.29, 0.717) is 12.0 Å². The van der Waals surface area contributed by atoms with E-state index in [1.807, 2.05) is 11.3 Å². The number of thiophene rings is 1. The summed E-state index contributed by atoms with van der Waals surface area (Å²) >= 11 is 1.84. The highest BCUT2D eigenvalue weighted by molar-refractivity contribution is 7.10. The molecule has 0 aromatic carbocycles. The van der Waals surface area contributed by atoms with Gasteiger partial charge >= 0.3 is 0 Å². The molecule has 1 aromatic rings. The van der Waals surface area contributed by atoms with E-state index in [1.54, 1.807) is 0 Å². The van der Waals surface area contributed by atoms with Crippen molar-refractivity contribution in [2.45, 2.75) is 39.7 Å². The number of ether oxygens (including phenoxy) is 1. The highest BCUT2D eigenvalue weighted by Gasteiger charge is 2.10. The molecule has 0 amide bonds. The Morgan fingerprint density at radius 2 is 2.24 bits per heavy atom. The Hall–Kier alpha value is -0.380. The van der Waals surface area contributed by atoms with Crippen LogP contribution in [-0.4, -0.2) is 19.8 Å². The molecule has 0 radical (unpaired) electrons. The predicted octanol–water partition coefficient (Wildman–Crippen LogP) is 3.85. The average Bonchev–Trinajstić information content (AvgIpc) is 2.80. The number of hydrogen-bond acceptors (Lipinski definition) is 3. The zero-order valence-electron chi connectivity index (χ0n) is 11.2. The Labute approximate surface area is 109 Å². The minimum Gasteiger partial charge on any atom is -0.380 e. The van der Waals surface area contributed by atoms with Gasteiger partial charge < -0.3 is 10.1 Å². The van der Waals surface area contributed by atoms with Crippen molar-refractivity contribution in [1.29, 1.82) is 0 Å². The maximum absolute atomic E-state index is 5.58. The van der Waals surface area contributed by atoms with E-state index < -0.39 is 0 Å². The van der Waals surface area contributed by atoms with E-state index in [4.69, 9.17) is 4.74 Å². The lowest BCUT2D eigenvalue weighted by Crippen LogP contribution is -2.25. The molecule has 1 unspecified atom stereocenters. The van der Waals surface area contributed by atoms with Crippen LogP contribution >= 0.6 is 11.3 Å². The average molecular weight is 255 g/mol. The summed E-state index contributed by atoms with van der Waals surface area (Å²) in [6.07, 6.45) is 2.41. The third-order valence-electron chi connectivity index (χ3n) is 2.55. The fourth-order valence-electron chi connectivity index (χ4n) is 1.75. The van der Waals surface area contributed by atoms with E-state index in [1.165, 1.54) is 17.7 Å². The van der Waals surface area contributed by atoms with Crippen LogP contribution in [0.2, 0.25) is 0 Å². The first-order chi connectivity index (χ1) is 8.24. The van der Waals surface area contributed by atoms with Crippen LogP contribution in [0.15, 0.2) is 17.5 Å². The maximum atomic E-state index is 5.58. The van der Waals surface area contributed by atoms with Gasteiger partial charge in [0, 0.05) is 24.1 Å². The van der Waals surface area contributed by atoms with Gasteiger partial charge in [0.2, 0.25) is 0 Å². The highest BCUT2D eigenvalue weighted by atomic mass is 32.1. The zero-order valence-corrected chi connectivity index (χ0v) is 12.1. The molecule has 0 aliphatic rings. The fraction of sp³-hybridized carbons (Fsp3) is 0.714. The van der Waals surface area contributed by atoms with Crippen LogP contribution in [0.25, 0.3) is 0 Å². The molecule has 1 atom stereocenters. The summed E-state index contributed by atoms with van der Waals surface area (Å²) in [5, 5.41) is 5.73. The van der Waals surface area contributed by atoms with Gasteiger partial charge in [-0.2, -0.15) is 0 Å². The normalized spacial score (nSPS) is 13.2. The maximum Gasteiger partial charge on any atom is 0.0591 e. The van der Waals surface area contributed by atoms with E-state index in [0.717, 1.165) is 19.8 Å². The molecule has 1 aromatic heterocycles. The fourth-order valence-corrected chi connectivity index (χ4v) is 2.58. The third kappa shape index (κ3) is 6.20. The minimum absolute atomic E-state index is 0.502. The standard InChI is InChI=1S/C14H25NOS/c1-4-6-13(14-7-5-10-17-14)15-8-9-16-11-12(2)3/h5,7,10,12-13,15H,4,6,8-9,11H2,1-3H3. The van der Waals surface area contributed by atoms with Crippen molar-refractivity contribution in [3.8, 4) is 0 Å². The van der Waals surface area contributed by atoms with Gasteiger partial charge in [-0.15, -0.1) is 11.3 Å². The molecule has 0 bridgehead atoms. The van der Waals surface area contributed by atoms with Crippen molar-refractivity contribution >= 4 is 11.3 Å². The molecule has 0 aliphatic heterocycles. The lowest BCUT2D eigenvalue weighted by molar-refractivity contribution is 0.110. The van der Waals surface area contributed by atoms with Gasteiger partial charge in [-0.25, -0.2) is 0 Å². The topological polar surface area (TPSA) is 21.3 Å². The molecular weight excluding hydrogens is 230 g/mol. The molecule has 0 fully saturated rings. The van der Waals surface area contributed by atoms with Crippen molar-refractivity contribution in [2.24, 2.45) is 5.92 Å². The second-order valence-electron chi connectivity index (χ2n) is 4.78. The second-order valence-corrected chi connectivity index (χ2v) is 5.76. The summed E-state index contributed by atoms with van der Waals surface area (Å²) in [5.74, 6) is 0.624.